The predicted octanol–water partition coefficient (Wildman–Crippen LogP) is 3.23. The van der Waals surface area contributed by atoms with Crippen LogP contribution in [0.1, 0.15) is 25.3 Å². The van der Waals surface area contributed by atoms with Gasteiger partial charge in [-0.3, -0.25) is 9.79 Å². The largest absolute Gasteiger partial charge is 0.312 e. The van der Waals surface area contributed by atoms with Crippen molar-refractivity contribution in [1.29, 1.82) is 0 Å². The Bertz CT molecular complexity index is 500. The van der Waals surface area contributed by atoms with Gasteiger partial charge in [0.15, 0.2) is 0 Å². The van der Waals surface area contributed by atoms with Crippen LogP contribution in [-0.4, -0.2) is 17.8 Å². The standard InChI is InChI=1S/C13H14Cl2N2O/c1-2-3-11-13(18)17-12(16-11)6-8-4-5-9(14)7-10(8)15/h4-5,7,11H,2-3,6H2,1H3,(H,16,17,18). The molecule has 5 heteroatoms. The molecule has 1 aromatic rings. The number of carbonyl (C=O) groups is 1. The van der Waals surface area contributed by atoms with Gasteiger partial charge in [0.1, 0.15) is 11.9 Å². The lowest BCUT2D eigenvalue weighted by Gasteiger charge is -2.04. The first-order chi connectivity index (χ1) is 8.60. The van der Waals surface area contributed by atoms with Crippen LogP contribution in [0, 0.1) is 0 Å². The highest BCUT2D eigenvalue weighted by Crippen LogP contribution is 2.22. The van der Waals surface area contributed by atoms with E-state index in [-0.39, 0.29) is 11.9 Å². The van der Waals surface area contributed by atoms with Gasteiger partial charge in [0, 0.05) is 16.5 Å². The molecule has 1 aromatic carbocycles. The van der Waals surface area contributed by atoms with Gasteiger partial charge in [-0.25, -0.2) is 0 Å². The van der Waals surface area contributed by atoms with E-state index in [4.69, 9.17) is 23.2 Å². The van der Waals surface area contributed by atoms with Crippen molar-refractivity contribution in [3.05, 3.63) is 33.8 Å². The van der Waals surface area contributed by atoms with E-state index in [9.17, 15) is 4.79 Å². The molecule has 18 heavy (non-hydrogen) atoms. The van der Waals surface area contributed by atoms with Gasteiger partial charge in [0.05, 0.1) is 0 Å². The second-order valence-electron chi connectivity index (χ2n) is 4.28. The number of amidine groups is 1. The molecular formula is C13H14Cl2N2O. The van der Waals surface area contributed by atoms with Gasteiger partial charge in [0.25, 0.3) is 0 Å². The molecule has 96 valence electrons. The fraction of sp³-hybridized carbons (Fsp3) is 0.385. The highest BCUT2D eigenvalue weighted by Gasteiger charge is 2.25. The molecule has 1 atom stereocenters. The number of nitrogens with zero attached hydrogens (tertiary/aromatic N) is 1. The zero-order valence-electron chi connectivity index (χ0n) is 10.0. The Hall–Kier alpha value is -1.06. The van der Waals surface area contributed by atoms with Gasteiger partial charge in [-0.2, -0.15) is 0 Å². The topological polar surface area (TPSA) is 41.5 Å². The molecule has 1 amide bonds. The van der Waals surface area contributed by atoms with Crippen molar-refractivity contribution in [3.63, 3.8) is 0 Å². The van der Waals surface area contributed by atoms with E-state index in [0.717, 1.165) is 18.4 Å². The molecule has 1 unspecified atom stereocenters. The van der Waals surface area contributed by atoms with E-state index in [2.05, 4.69) is 10.3 Å². The summed E-state index contributed by atoms with van der Waals surface area (Å²) >= 11 is 11.9. The smallest absolute Gasteiger partial charge is 0.250 e. The Kier molecular flexibility index (Phi) is 4.25. The fourth-order valence-corrected chi connectivity index (χ4v) is 2.38. The highest BCUT2D eigenvalue weighted by atomic mass is 35.5. The second kappa shape index (κ2) is 5.72. The summed E-state index contributed by atoms with van der Waals surface area (Å²) in [5.74, 6) is 0.666. The molecule has 0 fully saturated rings. The Balaban J connectivity index is 2.10. The van der Waals surface area contributed by atoms with Gasteiger partial charge < -0.3 is 5.32 Å². The summed E-state index contributed by atoms with van der Waals surface area (Å²) in [6, 6.07) is 5.09. The SMILES string of the molecule is CCCC1N=C(Cc2ccc(Cl)cc2Cl)NC1=O. The Morgan fingerprint density at radius 1 is 1.39 bits per heavy atom. The molecule has 0 aromatic heterocycles. The van der Waals surface area contributed by atoms with Crippen LogP contribution >= 0.6 is 23.2 Å². The van der Waals surface area contributed by atoms with Crippen molar-refractivity contribution < 1.29 is 4.79 Å². The molecule has 0 bridgehead atoms. The minimum absolute atomic E-state index is 0.0167. The Morgan fingerprint density at radius 3 is 2.83 bits per heavy atom. The lowest BCUT2D eigenvalue weighted by molar-refractivity contribution is -0.120. The number of hydrogen-bond donors (Lipinski definition) is 1. The summed E-state index contributed by atoms with van der Waals surface area (Å²) < 4.78 is 0. The van der Waals surface area contributed by atoms with Gasteiger partial charge in [-0.1, -0.05) is 42.6 Å². The molecule has 1 aliphatic heterocycles. The molecule has 1 heterocycles. The molecule has 0 saturated carbocycles. The van der Waals surface area contributed by atoms with E-state index < -0.39 is 0 Å². The average molecular weight is 285 g/mol. The first-order valence-electron chi connectivity index (χ1n) is 5.91. The van der Waals surface area contributed by atoms with Crippen molar-refractivity contribution in [2.75, 3.05) is 0 Å². The quantitative estimate of drug-likeness (QED) is 0.906. The van der Waals surface area contributed by atoms with Crippen molar-refractivity contribution in [1.82, 2.24) is 5.32 Å². The number of nitrogens with one attached hydrogen (secondary N) is 1. The number of rotatable bonds is 4. The van der Waals surface area contributed by atoms with E-state index in [0.29, 0.717) is 22.3 Å². The number of aliphatic imine (C=N–C) groups is 1. The Morgan fingerprint density at radius 2 is 2.17 bits per heavy atom. The summed E-state index contributed by atoms with van der Waals surface area (Å²) in [4.78, 5) is 16.0. The summed E-state index contributed by atoms with van der Waals surface area (Å²) in [6.45, 7) is 2.04. The lowest BCUT2D eigenvalue weighted by Crippen LogP contribution is -2.29. The second-order valence-corrected chi connectivity index (χ2v) is 5.13. The van der Waals surface area contributed by atoms with Crippen LogP contribution in [0.2, 0.25) is 10.0 Å². The highest BCUT2D eigenvalue weighted by molar-refractivity contribution is 6.35. The average Bonchev–Trinajstić information content (AvgIpc) is 2.64. The summed E-state index contributed by atoms with van der Waals surface area (Å²) in [7, 11) is 0. The van der Waals surface area contributed by atoms with E-state index in [1.807, 2.05) is 13.0 Å². The summed E-state index contributed by atoms with van der Waals surface area (Å²) in [5.41, 5.74) is 0.914. The third-order valence-corrected chi connectivity index (χ3v) is 3.40. The fourth-order valence-electron chi connectivity index (χ4n) is 1.91. The maximum atomic E-state index is 11.6. The molecule has 2 rings (SSSR count). The van der Waals surface area contributed by atoms with Crippen molar-refractivity contribution >= 4 is 34.9 Å². The normalized spacial score (nSPS) is 18.7. The summed E-state index contributed by atoms with van der Waals surface area (Å²) in [6.07, 6.45) is 2.25. The van der Waals surface area contributed by atoms with Crippen LogP contribution in [0.3, 0.4) is 0 Å². The molecule has 0 aliphatic carbocycles. The lowest BCUT2D eigenvalue weighted by atomic mass is 10.1. The molecule has 3 nitrogen and oxygen atoms in total. The van der Waals surface area contributed by atoms with Crippen LogP contribution in [0.4, 0.5) is 0 Å². The minimum Gasteiger partial charge on any atom is -0.312 e. The molecule has 1 aliphatic rings. The molecule has 0 saturated heterocycles. The summed E-state index contributed by atoms with van der Waals surface area (Å²) in [5, 5.41) is 4.00. The molecule has 0 spiro atoms. The Labute approximate surface area is 116 Å². The molecule has 1 N–H and O–H groups in total. The third-order valence-electron chi connectivity index (χ3n) is 2.82. The number of hydrogen-bond acceptors (Lipinski definition) is 2. The molecule has 0 radical (unpaired) electrons. The van der Waals surface area contributed by atoms with Gasteiger partial charge >= 0.3 is 0 Å². The van der Waals surface area contributed by atoms with Crippen molar-refractivity contribution in [2.24, 2.45) is 4.99 Å². The van der Waals surface area contributed by atoms with Crippen LogP contribution in [-0.2, 0) is 11.2 Å². The van der Waals surface area contributed by atoms with Crippen LogP contribution < -0.4 is 5.32 Å². The minimum atomic E-state index is -0.240. The van der Waals surface area contributed by atoms with Gasteiger partial charge in [-0.05, 0) is 24.1 Å². The van der Waals surface area contributed by atoms with Crippen molar-refractivity contribution in [2.45, 2.75) is 32.2 Å². The van der Waals surface area contributed by atoms with Gasteiger partial charge in [0.2, 0.25) is 5.91 Å². The number of amides is 1. The van der Waals surface area contributed by atoms with E-state index in [1.54, 1.807) is 12.1 Å². The monoisotopic (exact) mass is 284 g/mol. The number of benzene rings is 1. The van der Waals surface area contributed by atoms with Crippen LogP contribution in [0.15, 0.2) is 23.2 Å². The first-order valence-corrected chi connectivity index (χ1v) is 6.67. The van der Waals surface area contributed by atoms with Crippen molar-refractivity contribution in [3.8, 4) is 0 Å². The first kappa shape index (κ1) is 13.4. The van der Waals surface area contributed by atoms with Gasteiger partial charge in [-0.15, -0.1) is 0 Å². The molecular weight excluding hydrogens is 271 g/mol. The van der Waals surface area contributed by atoms with E-state index in [1.165, 1.54) is 0 Å². The number of carbonyl (C=O) groups excluding carboxylic acids is 1. The maximum Gasteiger partial charge on any atom is 0.250 e. The predicted molar refractivity (Wildman–Crippen MR) is 74.4 cm³/mol. The maximum absolute atomic E-state index is 11.6. The third kappa shape index (κ3) is 3.03. The van der Waals surface area contributed by atoms with E-state index >= 15 is 0 Å². The number of halogens is 2. The van der Waals surface area contributed by atoms with Crippen LogP contribution in [0.25, 0.3) is 0 Å². The zero-order chi connectivity index (χ0) is 13.1. The zero-order valence-corrected chi connectivity index (χ0v) is 11.6. The van der Waals surface area contributed by atoms with Crippen LogP contribution in [0.5, 0.6) is 0 Å².